The van der Waals surface area contributed by atoms with Crippen molar-refractivity contribution in [2.24, 2.45) is 11.5 Å². The van der Waals surface area contributed by atoms with E-state index in [-0.39, 0.29) is 38.6 Å². The van der Waals surface area contributed by atoms with Gasteiger partial charge in [-0.25, -0.2) is 0 Å². The molecule has 1 heterocycles. The Morgan fingerprint density at radius 2 is 1.10 bits per heavy atom. The lowest BCUT2D eigenvalue weighted by atomic mass is 10.00. The Morgan fingerprint density at radius 3 is 1.76 bits per heavy atom. The lowest BCUT2D eigenvalue weighted by Crippen LogP contribution is -2.61. The van der Waals surface area contributed by atoms with Crippen LogP contribution in [0.3, 0.4) is 0 Å². The summed E-state index contributed by atoms with van der Waals surface area (Å²) in [6.45, 7) is 0.810. The third-order valence-corrected chi connectivity index (χ3v) is 12.2. The summed E-state index contributed by atoms with van der Waals surface area (Å²) in [5.41, 5.74) is 15.8. The van der Waals surface area contributed by atoms with Gasteiger partial charge in [0.05, 0.1) is 12.1 Å². The molecule has 18 nitrogen and oxygen atoms in total. The number of amides is 6. The quantitative estimate of drug-likeness (QED) is 0.0350. The van der Waals surface area contributed by atoms with E-state index in [1.54, 1.807) is 36.5 Å². The summed E-state index contributed by atoms with van der Waals surface area (Å²) < 4.78 is 0. The maximum atomic E-state index is 14.7. The Bertz CT molecular complexity index is 2800. The van der Waals surface area contributed by atoms with Crippen molar-refractivity contribution < 1.29 is 43.8 Å². The SMILES string of the molecule is C[C@@H](O)[C@H](NC(=O)[C@H](CCCCN)NC(=O)[C@@H](Cc1c[nH]c2ccccc12)NC(=O)[C@H](Cc1ccccc1)NC(=O)[C@@H](N)Cc1ccccc1)C(=O)N[C@@H](Cc1ccc2ccccc2c1)C(=O)NCC(=O)O. The molecule has 0 radical (unpaired) electrons. The normalized spacial score (nSPS) is 14.1. The van der Waals surface area contributed by atoms with Crippen LogP contribution in [0.5, 0.6) is 0 Å². The van der Waals surface area contributed by atoms with E-state index in [1.807, 2.05) is 97.1 Å². The Hall–Kier alpha value is -7.93. The van der Waals surface area contributed by atoms with Gasteiger partial charge in [0, 0.05) is 36.4 Å². The second-order valence-corrected chi connectivity index (χ2v) is 17.8. The highest BCUT2D eigenvalue weighted by Gasteiger charge is 2.35. The molecule has 72 heavy (non-hydrogen) atoms. The van der Waals surface area contributed by atoms with Crippen molar-refractivity contribution in [3.8, 4) is 0 Å². The summed E-state index contributed by atoms with van der Waals surface area (Å²) in [6, 6.07) is 30.7. The van der Waals surface area contributed by atoms with Gasteiger partial charge in [0.2, 0.25) is 35.4 Å². The Balaban J connectivity index is 1.24. The molecular weight excluding hydrogens is 919 g/mol. The van der Waals surface area contributed by atoms with Crippen molar-refractivity contribution in [2.45, 2.75) is 94.2 Å². The Labute approximate surface area is 417 Å². The summed E-state index contributed by atoms with van der Waals surface area (Å²) in [6.07, 6.45) is 1.17. The number of benzene rings is 5. The first-order chi connectivity index (χ1) is 34.7. The number of rotatable bonds is 26. The van der Waals surface area contributed by atoms with Crippen molar-refractivity contribution >= 4 is 63.1 Å². The molecule has 7 atom stereocenters. The van der Waals surface area contributed by atoms with Gasteiger partial charge < -0.3 is 58.6 Å². The Kier molecular flexibility index (Phi) is 19.5. The molecule has 0 aliphatic heterocycles. The highest BCUT2D eigenvalue weighted by Crippen LogP contribution is 2.21. The van der Waals surface area contributed by atoms with Gasteiger partial charge in [0.25, 0.3) is 0 Å². The van der Waals surface area contributed by atoms with Crippen LogP contribution in [-0.4, -0.2) is 112 Å². The van der Waals surface area contributed by atoms with Crippen molar-refractivity contribution in [1.82, 2.24) is 36.9 Å². The minimum atomic E-state index is -1.66. The van der Waals surface area contributed by atoms with E-state index < -0.39 is 90.3 Å². The third kappa shape index (κ3) is 15.5. The largest absolute Gasteiger partial charge is 0.480 e. The second-order valence-electron chi connectivity index (χ2n) is 17.8. The van der Waals surface area contributed by atoms with E-state index in [2.05, 4.69) is 36.9 Å². The summed E-state index contributed by atoms with van der Waals surface area (Å²) >= 11 is 0. The zero-order valence-corrected chi connectivity index (χ0v) is 40.0. The fraction of sp³-hybridized carbons (Fsp3) is 0.315. The minimum Gasteiger partial charge on any atom is -0.480 e. The van der Waals surface area contributed by atoms with Gasteiger partial charge in [-0.3, -0.25) is 33.6 Å². The smallest absolute Gasteiger partial charge is 0.322 e. The zero-order chi connectivity index (χ0) is 51.6. The van der Waals surface area contributed by atoms with E-state index >= 15 is 0 Å². The molecule has 1 aromatic heterocycles. The summed E-state index contributed by atoms with van der Waals surface area (Å²) in [5, 5.41) is 38.7. The third-order valence-electron chi connectivity index (χ3n) is 12.2. The molecule has 6 amide bonds. The molecular formula is C54H63N9O9. The molecule has 6 rings (SSSR count). The molecule has 5 aromatic carbocycles. The van der Waals surface area contributed by atoms with Crippen molar-refractivity contribution in [2.75, 3.05) is 13.1 Å². The maximum Gasteiger partial charge on any atom is 0.322 e. The van der Waals surface area contributed by atoms with Crippen molar-refractivity contribution in [1.29, 1.82) is 0 Å². The average Bonchev–Trinajstić information content (AvgIpc) is 3.78. The fourth-order valence-electron chi connectivity index (χ4n) is 8.35. The first-order valence-electron chi connectivity index (χ1n) is 23.9. The lowest BCUT2D eigenvalue weighted by Gasteiger charge is -2.28. The number of carbonyl (C=O) groups is 7. The van der Waals surface area contributed by atoms with Crippen LogP contribution in [0.25, 0.3) is 21.7 Å². The summed E-state index contributed by atoms with van der Waals surface area (Å²) in [4.78, 5) is 99.1. The van der Waals surface area contributed by atoms with E-state index in [4.69, 9.17) is 11.5 Å². The van der Waals surface area contributed by atoms with Crippen LogP contribution in [0.1, 0.15) is 48.4 Å². The van der Waals surface area contributed by atoms with Gasteiger partial charge in [-0.2, -0.15) is 0 Å². The van der Waals surface area contributed by atoms with Gasteiger partial charge >= 0.3 is 5.97 Å². The number of nitrogens with two attached hydrogens (primary N) is 2. The number of carboxylic acid groups (broad SMARTS) is 1. The topological polar surface area (TPSA) is 300 Å². The molecule has 0 unspecified atom stereocenters. The van der Waals surface area contributed by atoms with E-state index in [9.17, 15) is 43.8 Å². The molecule has 0 saturated carbocycles. The van der Waals surface area contributed by atoms with Gasteiger partial charge in [-0.1, -0.05) is 121 Å². The number of aliphatic hydroxyl groups is 1. The van der Waals surface area contributed by atoms with Crippen molar-refractivity contribution in [3.63, 3.8) is 0 Å². The number of para-hydroxylation sites is 1. The van der Waals surface area contributed by atoms with Crippen LogP contribution in [-0.2, 0) is 59.2 Å². The summed E-state index contributed by atoms with van der Waals surface area (Å²) in [7, 11) is 0. The standard InChI is InChI=1S/C54H63N9O9/c1-33(64)48(54(72)62-44(50(68)58-32-47(65)66)29-36-23-24-37-18-8-9-19-38(37)26-36)63-51(69)43(22-12-13-25-55)59-53(71)46(30-39-31-57-42-21-11-10-20-40(39)42)61-52(70)45(28-35-16-6-3-7-17-35)60-49(67)41(56)27-34-14-4-2-5-15-34/h2-11,14-21,23-24,26,31,33,41,43-46,48,57,64H,12-13,22,25,27-30,32,55-56H2,1H3,(H,58,68)(H,59,71)(H,60,67)(H,61,70)(H,62,72)(H,63,69)(H,65,66)/t33-,41+,43+,44+,45+,46-,48+/m1/s1. The van der Waals surface area contributed by atoms with Crippen LogP contribution in [0, 0.1) is 0 Å². The van der Waals surface area contributed by atoms with Crippen molar-refractivity contribution in [3.05, 3.63) is 156 Å². The molecule has 0 bridgehead atoms. The van der Waals surface area contributed by atoms with Crippen LogP contribution in [0.2, 0.25) is 0 Å². The predicted molar refractivity (Wildman–Crippen MR) is 273 cm³/mol. The van der Waals surface area contributed by atoms with E-state index in [1.165, 1.54) is 6.92 Å². The van der Waals surface area contributed by atoms with Gasteiger partial charge in [0.15, 0.2) is 0 Å². The molecule has 0 saturated heterocycles. The summed E-state index contributed by atoms with van der Waals surface area (Å²) in [5.74, 6) is -5.98. The second kappa shape index (κ2) is 26.3. The van der Waals surface area contributed by atoms with Crippen LogP contribution < -0.4 is 43.4 Å². The lowest BCUT2D eigenvalue weighted by molar-refractivity contribution is -0.139. The molecule has 6 aromatic rings. The number of hydrogen-bond acceptors (Lipinski definition) is 10. The monoisotopic (exact) mass is 981 g/mol. The highest BCUT2D eigenvalue weighted by atomic mass is 16.4. The van der Waals surface area contributed by atoms with Gasteiger partial charge in [-0.05, 0) is 78.2 Å². The molecule has 378 valence electrons. The van der Waals surface area contributed by atoms with Crippen LogP contribution >= 0.6 is 0 Å². The first-order valence-corrected chi connectivity index (χ1v) is 23.9. The zero-order valence-electron chi connectivity index (χ0n) is 40.0. The number of carbonyl (C=O) groups excluding carboxylic acids is 6. The predicted octanol–water partition coefficient (Wildman–Crippen LogP) is 2.05. The van der Waals surface area contributed by atoms with E-state index in [0.717, 1.165) is 32.8 Å². The van der Waals surface area contributed by atoms with Crippen LogP contribution in [0.15, 0.2) is 134 Å². The number of carboxylic acids is 1. The number of fused-ring (bicyclic) bond motifs is 2. The number of unbranched alkanes of at least 4 members (excludes halogenated alkanes) is 1. The van der Waals surface area contributed by atoms with Gasteiger partial charge in [-0.15, -0.1) is 0 Å². The minimum absolute atomic E-state index is 0.0326. The number of H-pyrrole nitrogens is 1. The van der Waals surface area contributed by atoms with Crippen LogP contribution in [0.4, 0.5) is 0 Å². The number of hydrogen-bond donors (Lipinski definition) is 11. The highest BCUT2D eigenvalue weighted by molar-refractivity contribution is 5.98. The van der Waals surface area contributed by atoms with Gasteiger partial charge in [0.1, 0.15) is 36.8 Å². The first kappa shape index (κ1) is 53.4. The number of aromatic amines is 1. The number of aliphatic carboxylic acids is 1. The number of aliphatic hydroxyl groups excluding tert-OH is 1. The number of aromatic nitrogens is 1. The molecule has 0 fully saturated rings. The molecule has 18 heteroatoms. The molecule has 0 aliphatic rings. The molecule has 0 aliphatic carbocycles. The molecule has 0 spiro atoms. The molecule has 13 N–H and O–H groups in total. The fourth-order valence-corrected chi connectivity index (χ4v) is 8.35. The Morgan fingerprint density at radius 1 is 0.556 bits per heavy atom. The average molecular weight is 982 g/mol. The maximum absolute atomic E-state index is 14.7. The van der Waals surface area contributed by atoms with E-state index in [0.29, 0.717) is 24.0 Å². The number of nitrogens with one attached hydrogen (secondary N) is 7.